The predicted molar refractivity (Wildman–Crippen MR) is 85.5 cm³/mol. The Morgan fingerprint density at radius 2 is 2.10 bits per heavy atom. The number of ether oxygens (including phenoxy) is 1. The number of rotatable bonds is 7. The second kappa shape index (κ2) is 9.20. The smallest absolute Gasteiger partial charge is 0.191 e. The lowest BCUT2D eigenvalue weighted by Gasteiger charge is -2.14. The molecule has 0 aliphatic rings. The van der Waals surface area contributed by atoms with Crippen LogP contribution in [0.4, 0.5) is 5.69 Å². The number of nitrogens with zero attached hydrogens (tertiary/aromatic N) is 2. The Balaban J connectivity index is 2.63. The molecule has 1 aromatic carbocycles. The highest BCUT2D eigenvalue weighted by Crippen LogP contribution is 2.13. The first kappa shape index (κ1) is 16.3. The molecule has 0 saturated carbocycles. The second-order valence-corrected chi connectivity index (χ2v) is 4.68. The third-order valence-corrected chi connectivity index (χ3v) is 2.79. The maximum atomic E-state index is 5.02. The van der Waals surface area contributed by atoms with E-state index in [0.717, 1.165) is 19.0 Å². The van der Waals surface area contributed by atoms with Crippen LogP contribution in [0.2, 0.25) is 0 Å². The zero-order chi connectivity index (χ0) is 14.8. The van der Waals surface area contributed by atoms with Crippen LogP contribution in [0.25, 0.3) is 0 Å². The number of nitrogens with one attached hydrogen (secondary N) is 2. The molecule has 1 aromatic rings. The van der Waals surface area contributed by atoms with Crippen LogP contribution in [0.1, 0.15) is 12.5 Å². The van der Waals surface area contributed by atoms with Crippen molar-refractivity contribution in [3.05, 3.63) is 29.8 Å². The zero-order valence-corrected chi connectivity index (χ0v) is 12.9. The molecule has 0 spiro atoms. The Labute approximate surface area is 122 Å². The minimum Gasteiger partial charge on any atom is -0.383 e. The summed E-state index contributed by atoms with van der Waals surface area (Å²) in [7, 11) is 5.77. The monoisotopic (exact) mass is 278 g/mol. The van der Waals surface area contributed by atoms with Crippen LogP contribution in [0.3, 0.4) is 0 Å². The number of aliphatic imine (C=N–C) groups is 1. The quantitative estimate of drug-likeness (QED) is 0.450. The molecule has 5 nitrogen and oxygen atoms in total. The molecule has 0 fully saturated rings. The van der Waals surface area contributed by atoms with E-state index in [-0.39, 0.29) is 0 Å². The van der Waals surface area contributed by atoms with E-state index in [9.17, 15) is 0 Å². The molecule has 0 aliphatic carbocycles. The van der Waals surface area contributed by atoms with Gasteiger partial charge in [-0.3, -0.25) is 0 Å². The number of anilines is 1. The maximum Gasteiger partial charge on any atom is 0.191 e. The lowest BCUT2D eigenvalue weighted by atomic mass is 10.2. The summed E-state index contributed by atoms with van der Waals surface area (Å²) >= 11 is 0. The summed E-state index contributed by atoms with van der Waals surface area (Å²) in [4.78, 5) is 6.67. The van der Waals surface area contributed by atoms with Crippen molar-refractivity contribution in [2.75, 3.05) is 45.8 Å². The molecule has 0 bridgehead atoms. The summed E-state index contributed by atoms with van der Waals surface area (Å²) in [5, 5.41) is 6.45. The van der Waals surface area contributed by atoms with Crippen molar-refractivity contribution in [1.29, 1.82) is 0 Å². The highest BCUT2D eigenvalue weighted by Gasteiger charge is 1.99. The highest BCUT2D eigenvalue weighted by molar-refractivity contribution is 5.79. The Morgan fingerprint density at radius 3 is 2.75 bits per heavy atom. The van der Waals surface area contributed by atoms with Crippen LogP contribution < -0.4 is 15.5 Å². The predicted octanol–water partition coefficient (Wildman–Crippen LogP) is 1.45. The van der Waals surface area contributed by atoms with Crippen molar-refractivity contribution < 1.29 is 4.74 Å². The van der Waals surface area contributed by atoms with Crippen LogP contribution >= 0.6 is 0 Å². The molecular weight excluding hydrogens is 252 g/mol. The van der Waals surface area contributed by atoms with Crippen molar-refractivity contribution in [3.8, 4) is 0 Å². The maximum absolute atomic E-state index is 5.02. The van der Waals surface area contributed by atoms with Crippen molar-refractivity contribution >= 4 is 11.6 Å². The van der Waals surface area contributed by atoms with Crippen molar-refractivity contribution in [1.82, 2.24) is 10.6 Å². The Hall–Kier alpha value is -1.75. The van der Waals surface area contributed by atoms with Crippen LogP contribution in [-0.2, 0) is 11.3 Å². The largest absolute Gasteiger partial charge is 0.383 e. The summed E-state index contributed by atoms with van der Waals surface area (Å²) < 4.78 is 5.02. The first-order chi connectivity index (χ1) is 9.67. The number of methoxy groups -OCH3 is 1. The number of guanidine groups is 1. The molecule has 0 aromatic heterocycles. The van der Waals surface area contributed by atoms with E-state index in [1.807, 2.05) is 14.1 Å². The van der Waals surface area contributed by atoms with Gasteiger partial charge in [0.05, 0.1) is 13.2 Å². The summed E-state index contributed by atoms with van der Waals surface area (Å²) in [6.45, 7) is 4.97. The summed E-state index contributed by atoms with van der Waals surface area (Å²) in [6, 6.07) is 8.40. The summed E-state index contributed by atoms with van der Waals surface area (Å²) in [5.41, 5.74) is 2.38. The topological polar surface area (TPSA) is 48.9 Å². The van der Waals surface area contributed by atoms with Crippen LogP contribution in [-0.4, -0.2) is 46.9 Å². The Kier molecular flexibility index (Phi) is 7.50. The normalized spacial score (nSPS) is 11.3. The van der Waals surface area contributed by atoms with E-state index in [1.54, 1.807) is 7.11 Å². The van der Waals surface area contributed by atoms with E-state index >= 15 is 0 Å². The van der Waals surface area contributed by atoms with E-state index < -0.39 is 0 Å². The third kappa shape index (κ3) is 5.93. The fraction of sp³-hybridized carbons (Fsp3) is 0.533. The lowest BCUT2D eigenvalue weighted by molar-refractivity contribution is 0.203. The molecule has 0 radical (unpaired) electrons. The molecule has 20 heavy (non-hydrogen) atoms. The molecule has 112 valence electrons. The van der Waals surface area contributed by atoms with Gasteiger partial charge in [-0.2, -0.15) is 0 Å². The Morgan fingerprint density at radius 1 is 1.30 bits per heavy atom. The van der Waals surface area contributed by atoms with Crippen LogP contribution in [0.5, 0.6) is 0 Å². The molecule has 5 heteroatoms. The molecule has 0 unspecified atom stereocenters. The van der Waals surface area contributed by atoms with Gasteiger partial charge in [-0.25, -0.2) is 4.99 Å². The molecule has 0 heterocycles. The third-order valence-electron chi connectivity index (χ3n) is 2.79. The minimum atomic E-state index is 0.657. The van der Waals surface area contributed by atoms with E-state index in [2.05, 4.69) is 51.7 Å². The molecule has 2 N–H and O–H groups in total. The van der Waals surface area contributed by atoms with Gasteiger partial charge in [0.15, 0.2) is 5.96 Å². The van der Waals surface area contributed by atoms with E-state index in [0.29, 0.717) is 13.2 Å². The molecule has 1 rings (SSSR count). The van der Waals surface area contributed by atoms with Gasteiger partial charge in [-0.05, 0) is 24.6 Å². The van der Waals surface area contributed by atoms with E-state index in [1.165, 1.54) is 11.3 Å². The molecule has 0 saturated heterocycles. The summed E-state index contributed by atoms with van der Waals surface area (Å²) in [6.07, 6.45) is 0. The van der Waals surface area contributed by atoms with E-state index in [4.69, 9.17) is 4.74 Å². The molecular formula is C15H26N4O. The van der Waals surface area contributed by atoms with Crippen LogP contribution in [0.15, 0.2) is 29.3 Å². The van der Waals surface area contributed by atoms with Crippen LogP contribution in [0, 0.1) is 0 Å². The number of hydrogen-bond acceptors (Lipinski definition) is 3. The first-order valence-electron chi connectivity index (χ1n) is 6.94. The van der Waals surface area contributed by atoms with Gasteiger partial charge in [0, 0.05) is 40.0 Å². The molecule has 0 atom stereocenters. The fourth-order valence-electron chi connectivity index (χ4n) is 1.72. The first-order valence-corrected chi connectivity index (χ1v) is 6.94. The van der Waals surface area contributed by atoms with Crippen molar-refractivity contribution in [3.63, 3.8) is 0 Å². The average molecular weight is 278 g/mol. The van der Waals surface area contributed by atoms with Crippen molar-refractivity contribution in [2.45, 2.75) is 13.5 Å². The second-order valence-electron chi connectivity index (χ2n) is 4.68. The SMILES string of the molecule is CCNC(=NCc1cccc(N(C)C)c1)NCCOC. The lowest BCUT2D eigenvalue weighted by Crippen LogP contribution is -2.38. The minimum absolute atomic E-state index is 0.657. The highest BCUT2D eigenvalue weighted by atomic mass is 16.5. The fourth-order valence-corrected chi connectivity index (χ4v) is 1.72. The van der Waals surface area contributed by atoms with Gasteiger partial charge in [-0.15, -0.1) is 0 Å². The van der Waals surface area contributed by atoms with Gasteiger partial charge in [0.25, 0.3) is 0 Å². The van der Waals surface area contributed by atoms with Gasteiger partial charge in [-0.1, -0.05) is 12.1 Å². The summed E-state index contributed by atoms with van der Waals surface area (Å²) in [5.74, 6) is 0.819. The molecule has 0 amide bonds. The zero-order valence-electron chi connectivity index (χ0n) is 12.9. The Bertz CT molecular complexity index is 418. The van der Waals surface area contributed by atoms with Gasteiger partial charge < -0.3 is 20.3 Å². The van der Waals surface area contributed by atoms with Gasteiger partial charge in [0.1, 0.15) is 0 Å². The number of benzene rings is 1. The molecule has 0 aliphatic heterocycles. The standard InChI is InChI=1S/C15H26N4O/c1-5-16-15(17-9-10-20-4)18-12-13-7-6-8-14(11-13)19(2)3/h6-8,11H,5,9-10,12H2,1-4H3,(H2,16,17,18). The average Bonchev–Trinajstić information content (AvgIpc) is 2.45. The van der Waals surface area contributed by atoms with Gasteiger partial charge >= 0.3 is 0 Å². The number of hydrogen-bond donors (Lipinski definition) is 2. The van der Waals surface area contributed by atoms with Crippen molar-refractivity contribution in [2.24, 2.45) is 4.99 Å². The van der Waals surface area contributed by atoms with Gasteiger partial charge in [0.2, 0.25) is 0 Å².